The van der Waals surface area contributed by atoms with E-state index in [1.807, 2.05) is 0 Å². The van der Waals surface area contributed by atoms with Crippen LogP contribution >= 0.6 is 0 Å². The highest BCUT2D eigenvalue weighted by Gasteiger charge is 2.13. The highest BCUT2D eigenvalue weighted by atomic mass is 19.1. The minimum Gasteiger partial charge on any atom is -0.399 e. The maximum atomic E-state index is 13.4. The third kappa shape index (κ3) is 2.79. The van der Waals surface area contributed by atoms with Crippen LogP contribution in [0.5, 0.6) is 0 Å². The molecular weight excluding hydrogens is 252 g/mol. The van der Waals surface area contributed by atoms with E-state index < -0.39 is 23.2 Å². The van der Waals surface area contributed by atoms with E-state index in [1.54, 1.807) is 0 Å². The Hall–Kier alpha value is -2.63. The molecule has 1 amide bonds. The van der Waals surface area contributed by atoms with E-state index in [0.717, 1.165) is 12.1 Å². The van der Waals surface area contributed by atoms with E-state index in [1.165, 1.54) is 24.3 Å². The van der Waals surface area contributed by atoms with Gasteiger partial charge in [0.1, 0.15) is 17.3 Å². The maximum absolute atomic E-state index is 13.4. The van der Waals surface area contributed by atoms with Crippen LogP contribution in [0.4, 0.5) is 25.8 Å². The Morgan fingerprint density at radius 3 is 2.05 bits per heavy atom. The van der Waals surface area contributed by atoms with Crippen molar-refractivity contribution >= 4 is 23.0 Å². The van der Waals surface area contributed by atoms with Gasteiger partial charge in [0.25, 0.3) is 5.91 Å². The zero-order valence-electron chi connectivity index (χ0n) is 9.78. The second kappa shape index (κ2) is 4.93. The molecule has 2 aromatic carbocycles. The van der Waals surface area contributed by atoms with Gasteiger partial charge in [-0.3, -0.25) is 4.79 Å². The number of carbonyl (C=O) groups is 1. The van der Waals surface area contributed by atoms with Crippen LogP contribution in [0.3, 0.4) is 0 Å². The van der Waals surface area contributed by atoms with Crippen molar-refractivity contribution in [2.75, 3.05) is 16.8 Å². The molecule has 19 heavy (non-hydrogen) atoms. The van der Waals surface area contributed by atoms with Gasteiger partial charge in [0.15, 0.2) is 0 Å². The molecule has 0 unspecified atom stereocenters. The van der Waals surface area contributed by atoms with Gasteiger partial charge in [-0.1, -0.05) is 6.07 Å². The summed E-state index contributed by atoms with van der Waals surface area (Å²) in [6.07, 6.45) is 0. The van der Waals surface area contributed by atoms with Crippen LogP contribution < -0.4 is 16.8 Å². The van der Waals surface area contributed by atoms with Crippen molar-refractivity contribution in [1.82, 2.24) is 0 Å². The molecule has 98 valence electrons. The van der Waals surface area contributed by atoms with Crippen LogP contribution in [0.25, 0.3) is 0 Å². The summed E-state index contributed by atoms with van der Waals surface area (Å²) in [5, 5.41) is 2.15. The third-order valence-corrected chi connectivity index (χ3v) is 2.44. The van der Waals surface area contributed by atoms with E-state index in [2.05, 4.69) is 5.32 Å². The molecule has 6 heteroatoms. The molecule has 0 heterocycles. The number of anilines is 3. The summed E-state index contributed by atoms with van der Waals surface area (Å²) in [7, 11) is 0. The van der Waals surface area contributed by atoms with Gasteiger partial charge >= 0.3 is 0 Å². The Morgan fingerprint density at radius 2 is 1.53 bits per heavy atom. The molecule has 0 fully saturated rings. The number of nitrogens with one attached hydrogen (secondary N) is 1. The van der Waals surface area contributed by atoms with E-state index in [-0.39, 0.29) is 5.56 Å². The fourth-order valence-corrected chi connectivity index (χ4v) is 1.61. The zero-order valence-corrected chi connectivity index (χ0v) is 9.78. The van der Waals surface area contributed by atoms with Gasteiger partial charge in [0.05, 0.1) is 0 Å². The molecule has 4 nitrogen and oxygen atoms in total. The fourth-order valence-electron chi connectivity index (χ4n) is 1.61. The molecule has 0 saturated carbocycles. The first-order chi connectivity index (χ1) is 8.97. The molecular formula is C13H11F2N3O. The number of amides is 1. The van der Waals surface area contributed by atoms with Crippen molar-refractivity contribution in [1.29, 1.82) is 0 Å². The number of para-hydroxylation sites is 1. The average Bonchev–Trinajstić information content (AvgIpc) is 2.32. The Labute approximate surface area is 108 Å². The summed E-state index contributed by atoms with van der Waals surface area (Å²) in [6.45, 7) is 0. The SMILES string of the molecule is Nc1cc(N)cc(C(=O)Nc2c(F)cccc2F)c1. The van der Waals surface area contributed by atoms with Crippen LogP contribution in [-0.2, 0) is 0 Å². The standard InChI is InChI=1S/C13H11F2N3O/c14-10-2-1-3-11(15)12(10)18-13(19)7-4-8(16)6-9(17)5-7/h1-6H,16-17H2,(H,18,19). The summed E-state index contributed by atoms with van der Waals surface area (Å²) in [6, 6.07) is 7.51. The molecule has 0 radical (unpaired) electrons. The first-order valence-corrected chi connectivity index (χ1v) is 5.39. The predicted octanol–water partition coefficient (Wildman–Crippen LogP) is 2.38. The summed E-state index contributed by atoms with van der Waals surface area (Å²) in [5.74, 6) is -2.40. The van der Waals surface area contributed by atoms with Gasteiger partial charge in [0, 0.05) is 16.9 Å². The number of nitrogen functional groups attached to an aromatic ring is 2. The molecule has 0 saturated heterocycles. The lowest BCUT2D eigenvalue weighted by atomic mass is 10.1. The molecule has 0 aromatic heterocycles. The number of halogens is 2. The lowest BCUT2D eigenvalue weighted by Crippen LogP contribution is -2.15. The quantitative estimate of drug-likeness (QED) is 0.727. The van der Waals surface area contributed by atoms with Crippen molar-refractivity contribution < 1.29 is 13.6 Å². The lowest BCUT2D eigenvalue weighted by Gasteiger charge is -2.08. The van der Waals surface area contributed by atoms with Crippen molar-refractivity contribution in [3.63, 3.8) is 0 Å². The predicted molar refractivity (Wildman–Crippen MR) is 69.6 cm³/mol. The van der Waals surface area contributed by atoms with Gasteiger partial charge in [0.2, 0.25) is 0 Å². The summed E-state index contributed by atoms with van der Waals surface area (Å²) >= 11 is 0. The molecule has 0 aliphatic carbocycles. The Morgan fingerprint density at radius 1 is 1.00 bits per heavy atom. The second-order valence-corrected chi connectivity index (χ2v) is 3.94. The normalized spacial score (nSPS) is 10.2. The van der Waals surface area contributed by atoms with Crippen molar-refractivity contribution in [2.45, 2.75) is 0 Å². The monoisotopic (exact) mass is 263 g/mol. The van der Waals surface area contributed by atoms with E-state index >= 15 is 0 Å². The largest absolute Gasteiger partial charge is 0.399 e. The Bertz CT molecular complexity index is 603. The van der Waals surface area contributed by atoms with Crippen molar-refractivity contribution in [2.24, 2.45) is 0 Å². The number of benzene rings is 2. The van der Waals surface area contributed by atoms with E-state index in [0.29, 0.717) is 11.4 Å². The third-order valence-electron chi connectivity index (χ3n) is 2.44. The van der Waals surface area contributed by atoms with Crippen LogP contribution in [-0.4, -0.2) is 5.91 Å². The number of hydrogen-bond acceptors (Lipinski definition) is 3. The van der Waals surface area contributed by atoms with Crippen LogP contribution in [0.1, 0.15) is 10.4 Å². The summed E-state index contributed by atoms with van der Waals surface area (Å²) in [5.41, 5.74) is 11.3. The minimum atomic E-state index is -0.856. The Balaban J connectivity index is 2.31. The lowest BCUT2D eigenvalue weighted by molar-refractivity contribution is 0.102. The first-order valence-electron chi connectivity index (χ1n) is 5.39. The van der Waals surface area contributed by atoms with Gasteiger partial charge in [-0.25, -0.2) is 8.78 Å². The van der Waals surface area contributed by atoms with Gasteiger partial charge < -0.3 is 16.8 Å². The smallest absolute Gasteiger partial charge is 0.255 e. The molecule has 0 aliphatic heterocycles. The van der Waals surface area contributed by atoms with Crippen LogP contribution in [0, 0.1) is 11.6 Å². The van der Waals surface area contributed by atoms with E-state index in [4.69, 9.17) is 11.5 Å². The molecule has 0 atom stereocenters. The number of rotatable bonds is 2. The zero-order chi connectivity index (χ0) is 14.0. The molecule has 0 aliphatic rings. The Kier molecular flexibility index (Phi) is 3.33. The second-order valence-electron chi connectivity index (χ2n) is 3.94. The molecule has 0 bridgehead atoms. The summed E-state index contributed by atoms with van der Waals surface area (Å²) < 4.78 is 26.8. The van der Waals surface area contributed by atoms with Crippen LogP contribution in [0.2, 0.25) is 0 Å². The van der Waals surface area contributed by atoms with Gasteiger partial charge in [-0.15, -0.1) is 0 Å². The highest BCUT2D eigenvalue weighted by molar-refractivity contribution is 6.05. The fraction of sp³-hybridized carbons (Fsp3) is 0. The van der Waals surface area contributed by atoms with E-state index in [9.17, 15) is 13.6 Å². The van der Waals surface area contributed by atoms with Gasteiger partial charge in [-0.05, 0) is 30.3 Å². The molecule has 2 aromatic rings. The van der Waals surface area contributed by atoms with Crippen LogP contribution in [0.15, 0.2) is 36.4 Å². The molecule has 0 spiro atoms. The number of nitrogens with two attached hydrogens (primary N) is 2. The van der Waals surface area contributed by atoms with Crippen molar-refractivity contribution in [3.8, 4) is 0 Å². The first kappa shape index (κ1) is 12.8. The number of hydrogen-bond donors (Lipinski definition) is 3. The number of carbonyl (C=O) groups excluding carboxylic acids is 1. The maximum Gasteiger partial charge on any atom is 0.255 e. The highest BCUT2D eigenvalue weighted by Crippen LogP contribution is 2.20. The average molecular weight is 263 g/mol. The topological polar surface area (TPSA) is 81.1 Å². The summed E-state index contributed by atoms with van der Waals surface area (Å²) in [4.78, 5) is 11.9. The minimum absolute atomic E-state index is 0.125. The van der Waals surface area contributed by atoms with Gasteiger partial charge in [-0.2, -0.15) is 0 Å². The molecule has 2 rings (SSSR count). The molecule has 5 N–H and O–H groups in total. The van der Waals surface area contributed by atoms with Crippen molar-refractivity contribution in [3.05, 3.63) is 53.6 Å².